The third kappa shape index (κ3) is 2.99. The molecule has 1 aliphatic heterocycles. The first-order chi connectivity index (χ1) is 9.30. The van der Waals surface area contributed by atoms with Gasteiger partial charge in [0.1, 0.15) is 0 Å². The summed E-state index contributed by atoms with van der Waals surface area (Å²) in [6.45, 7) is 5.08. The highest BCUT2D eigenvalue weighted by Crippen LogP contribution is 2.27. The number of sulfonamides is 1. The minimum absolute atomic E-state index is 0.107. The summed E-state index contributed by atoms with van der Waals surface area (Å²) < 4.78 is 26.5. The lowest BCUT2D eigenvalue weighted by molar-refractivity contribution is -0.384. The molecule has 0 aromatic heterocycles. The Morgan fingerprint density at radius 3 is 2.10 bits per heavy atom. The van der Waals surface area contributed by atoms with Gasteiger partial charge in [0.05, 0.1) is 9.82 Å². The second-order valence-corrected chi connectivity index (χ2v) is 7.46. The smallest absolute Gasteiger partial charge is 0.258 e. The molecule has 2 atom stereocenters. The molecule has 1 saturated heterocycles. The number of non-ortho nitro benzene ring substituents is 1. The van der Waals surface area contributed by atoms with Crippen molar-refractivity contribution in [2.75, 3.05) is 13.1 Å². The highest BCUT2D eigenvalue weighted by molar-refractivity contribution is 7.89. The Morgan fingerprint density at radius 2 is 1.65 bits per heavy atom. The molecule has 110 valence electrons. The number of nitro benzene ring substituents is 1. The van der Waals surface area contributed by atoms with Gasteiger partial charge in [-0.2, -0.15) is 4.31 Å². The van der Waals surface area contributed by atoms with Crippen molar-refractivity contribution in [3.05, 3.63) is 34.4 Å². The Morgan fingerprint density at radius 1 is 1.15 bits per heavy atom. The topological polar surface area (TPSA) is 80.5 Å². The molecule has 0 spiro atoms. The number of nitro groups is 1. The van der Waals surface area contributed by atoms with Gasteiger partial charge in [-0.3, -0.25) is 10.1 Å². The molecule has 0 aliphatic carbocycles. The van der Waals surface area contributed by atoms with E-state index in [0.717, 1.165) is 6.42 Å². The zero-order chi connectivity index (χ0) is 14.9. The maximum Gasteiger partial charge on any atom is 0.269 e. The third-order valence-electron chi connectivity index (χ3n) is 3.52. The Labute approximate surface area is 118 Å². The fourth-order valence-electron chi connectivity index (χ4n) is 2.69. The summed E-state index contributed by atoms with van der Waals surface area (Å²) in [5, 5.41) is 10.6. The molecule has 0 saturated carbocycles. The zero-order valence-electron chi connectivity index (χ0n) is 11.5. The van der Waals surface area contributed by atoms with Gasteiger partial charge in [0.25, 0.3) is 5.69 Å². The summed E-state index contributed by atoms with van der Waals surface area (Å²) in [5.74, 6) is 0.651. The molecule has 1 aromatic rings. The van der Waals surface area contributed by atoms with Crippen LogP contribution in [0.2, 0.25) is 0 Å². The highest BCUT2D eigenvalue weighted by atomic mass is 32.2. The van der Waals surface area contributed by atoms with E-state index in [1.54, 1.807) is 0 Å². The lowest BCUT2D eigenvalue weighted by Crippen LogP contribution is -2.42. The molecular formula is C13H18N2O4S. The van der Waals surface area contributed by atoms with Gasteiger partial charge in [-0.05, 0) is 30.4 Å². The Kier molecular flexibility index (Phi) is 4.10. The van der Waals surface area contributed by atoms with Gasteiger partial charge in [-0.15, -0.1) is 0 Å². The van der Waals surface area contributed by atoms with Crippen LogP contribution in [-0.4, -0.2) is 30.7 Å². The number of rotatable bonds is 3. The molecule has 20 heavy (non-hydrogen) atoms. The molecule has 0 amide bonds. The van der Waals surface area contributed by atoms with Crippen molar-refractivity contribution in [3.8, 4) is 0 Å². The van der Waals surface area contributed by atoms with Crippen LogP contribution in [-0.2, 0) is 10.0 Å². The van der Waals surface area contributed by atoms with Crippen molar-refractivity contribution in [3.63, 3.8) is 0 Å². The summed E-state index contributed by atoms with van der Waals surface area (Å²) in [4.78, 5) is 10.2. The van der Waals surface area contributed by atoms with Crippen LogP contribution < -0.4 is 0 Å². The lowest BCUT2D eigenvalue weighted by atomic mass is 9.94. The maximum absolute atomic E-state index is 12.5. The van der Waals surface area contributed by atoms with Crippen LogP contribution in [0.3, 0.4) is 0 Å². The van der Waals surface area contributed by atoms with Gasteiger partial charge in [-0.1, -0.05) is 13.8 Å². The minimum Gasteiger partial charge on any atom is -0.258 e. The van der Waals surface area contributed by atoms with E-state index in [4.69, 9.17) is 0 Å². The third-order valence-corrected chi connectivity index (χ3v) is 5.37. The van der Waals surface area contributed by atoms with Gasteiger partial charge in [0, 0.05) is 25.2 Å². The van der Waals surface area contributed by atoms with Gasteiger partial charge in [-0.25, -0.2) is 8.42 Å². The van der Waals surface area contributed by atoms with E-state index in [9.17, 15) is 18.5 Å². The summed E-state index contributed by atoms with van der Waals surface area (Å²) in [6.07, 6.45) is 1.02. The first kappa shape index (κ1) is 14.9. The van der Waals surface area contributed by atoms with Crippen molar-refractivity contribution in [1.29, 1.82) is 0 Å². The second-order valence-electron chi connectivity index (χ2n) is 5.52. The summed E-state index contributed by atoms with van der Waals surface area (Å²) in [5.41, 5.74) is -0.107. The van der Waals surface area contributed by atoms with Gasteiger partial charge < -0.3 is 0 Å². The van der Waals surface area contributed by atoms with E-state index < -0.39 is 14.9 Å². The van der Waals surface area contributed by atoms with Gasteiger partial charge in [0.2, 0.25) is 10.0 Å². The van der Waals surface area contributed by atoms with E-state index in [1.807, 2.05) is 13.8 Å². The second kappa shape index (κ2) is 5.49. The molecule has 0 bridgehead atoms. The van der Waals surface area contributed by atoms with Gasteiger partial charge >= 0.3 is 0 Å². The average Bonchev–Trinajstić information content (AvgIpc) is 2.37. The van der Waals surface area contributed by atoms with Crippen molar-refractivity contribution < 1.29 is 13.3 Å². The number of piperidine rings is 1. The Bertz CT molecular complexity index is 587. The number of hydrogen-bond acceptors (Lipinski definition) is 4. The zero-order valence-corrected chi connectivity index (χ0v) is 12.3. The van der Waals surface area contributed by atoms with Crippen LogP contribution in [0.15, 0.2) is 29.2 Å². The highest BCUT2D eigenvalue weighted by Gasteiger charge is 2.31. The Balaban J connectivity index is 2.27. The molecule has 2 rings (SSSR count). The molecule has 0 N–H and O–H groups in total. The fourth-order valence-corrected chi connectivity index (χ4v) is 4.37. The van der Waals surface area contributed by atoms with Crippen molar-refractivity contribution in [2.24, 2.45) is 11.8 Å². The molecule has 1 aromatic carbocycles. The molecule has 0 unspecified atom stereocenters. The molecule has 0 radical (unpaired) electrons. The van der Waals surface area contributed by atoms with E-state index in [2.05, 4.69) is 0 Å². The number of benzene rings is 1. The van der Waals surface area contributed by atoms with Crippen LogP contribution in [0.25, 0.3) is 0 Å². The first-order valence-electron chi connectivity index (χ1n) is 6.55. The predicted molar refractivity (Wildman–Crippen MR) is 74.8 cm³/mol. The standard InChI is InChI=1S/C13H18N2O4S/c1-10-7-11(2)9-14(8-10)20(18,19)13-5-3-12(4-6-13)15(16)17/h3-6,10-11H,7-9H2,1-2H3/t10-,11+. The summed E-state index contributed by atoms with van der Waals surface area (Å²) in [7, 11) is -3.56. The fraction of sp³-hybridized carbons (Fsp3) is 0.538. The van der Waals surface area contributed by atoms with Crippen LogP contribution in [0.1, 0.15) is 20.3 Å². The maximum atomic E-state index is 12.5. The van der Waals surface area contributed by atoms with E-state index in [1.165, 1.54) is 28.6 Å². The molecule has 1 heterocycles. The normalized spacial score (nSPS) is 24.5. The van der Waals surface area contributed by atoms with Crippen molar-refractivity contribution in [1.82, 2.24) is 4.31 Å². The van der Waals surface area contributed by atoms with Crippen LogP contribution >= 0.6 is 0 Å². The monoisotopic (exact) mass is 298 g/mol. The molecular weight excluding hydrogens is 280 g/mol. The van der Waals surface area contributed by atoms with E-state index >= 15 is 0 Å². The van der Waals surface area contributed by atoms with Crippen LogP contribution in [0, 0.1) is 22.0 Å². The molecule has 1 aliphatic rings. The number of hydrogen-bond donors (Lipinski definition) is 0. The van der Waals surface area contributed by atoms with Crippen molar-refractivity contribution in [2.45, 2.75) is 25.2 Å². The average molecular weight is 298 g/mol. The SMILES string of the molecule is C[C@@H]1C[C@H](C)CN(S(=O)(=O)c2ccc([N+](=O)[O-])cc2)C1. The predicted octanol–water partition coefficient (Wildman–Crippen LogP) is 2.26. The summed E-state index contributed by atoms with van der Waals surface area (Å²) in [6, 6.07) is 5.06. The Hall–Kier alpha value is -1.47. The quantitative estimate of drug-likeness (QED) is 0.633. The summed E-state index contributed by atoms with van der Waals surface area (Å²) >= 11 is 0. The van der Waals surface area contributed by atoms with Crippen molar-refractivity contribution >= 4 is 15.7 Å². The first-order valence-corrected chi connectivity index (χ1v) is 7.99. The van der Waals surface area contributed by atoms with E-state index in [-0.39, 0.29) is 10.6 Å². The van der Waals surface area contributed by atoms with Gasteiger partial charge in [0.15, 0.2) is 0 Å². The van der Waals surface area contributed by atoms with E-state index in [0.29, 0.717) is 24.9 Å². The molecule has 7 heteroatoms. The molecule has 6 nitrogen and oxygen atoms in total. The number of nitrogens with zero attached hydrogens (tertiary/aromatic N) is 2. The largest absolute Gasteiger partial charge is 0.269 e. The van der Waals surface area contributed by atoms with Crippen LogP contribution in [0.5, 0.6) is 0 Å². The molecule has 1 fully saturated rings. The minimum atomic E-state index is -3.56. The van der Waals surface area contributed by atoms with Crippen LogP contribution in [0.4, 0.5) is 5.69 Å². The lowest BCUT2D eigenvalue weighted by Gasteiger charge is -2.34.